The highest BCUT2D eigenvalue weighted by molar-refractivity contribution is 4.90. The fraction of sp³-hybridized carbons (Fsp3) is 1.00. The SMILES string of the molecule is CCC(CC)N(CCOC)C1CC(C)CCC1N. The van der Waals surface area contributed by atoms with E-state index < -0.39 is 0 Å². The summed E-state index contributed by atoms with van der Waals surface area (Å²) in [6.07, 6.45) is 6.13. The minimum Gasteiger partial charge on any atom is -0.383 e. The molecule has 0 heterocycles. The van der Waals surface area contributed by atoms with Crippen LogP contribution in [0.25, 0.3) is 0 Å². The monoisotopic (exact) mass is 256 g/mol. The summed E-state index contributed by atoms with van der Waals surface area (Å²) in [4.78, 5) is 2.63. The van der Waals surface area contributed by atoms with Gasteiger partial charge in [-0.25, -0.2) is 0 Å². The Morgan fingerprint density at radius 1 is 1.28 bits per heavy atom. The minimum atomic E-state index is 0.346. The van der Waals surface area contributed by atoms with Crippen LogP contribution in [-0.2, 0) is 4.74 Å². The lowest BCUT2D eigenvalue weighted by Gasteiger charge is -2.44. The van der Waals surface area contributed by atoms with Gasteiger partial charge in [-0.3, -0.25) is 4.90 Å². The molecule has 1 aliphatic rings. The van der Waals surface area contributed by atoms with Gasteiger partial charge >= 0.3 is 0 Å². The molecule has 1 saturated carbocycles. The number of nitrogens with two attached hydrogens (primary N) is 1. The Morgan fingerprint density at radius 2 is 1.94 bits per heavy atom. The molecule has 0 aliphatic heterocycles. The molecule has 18 heavy (non-hydrogen) atoms. The van der Waals surface area contributed by atoms with Gasteiger partial charge in [0.15, 0.2) is 0 Å². The molecule has 1 rings (SSSR count). The van der Waals surface area contributed by atoms with Gasteiger partial charge in [0, 0.05) is 31.8 Å². The number of hydrogen-bond acceptors (Lipinski definition) is 3. The van der Waals surface area contributed by atoms with E-state index in [1.165, 1.54) is 32.1 Å². The zero-order valence-electron chi connectivity index (χ0n) is 12.7. The predicted molar refractivity (Wildman–Crippen MR) is 77.7 cm³/mol. The molecule has 0 spiro atoms. The Hall–Kier alpha value is -0.120. The zero-order chi connectivity index (χ0) is 13.5. The summed E-state index contributed by atoms with van der Waals surface area (Å²) in [7, 11) is 1.79. The Labute approximate surface area is 113 Å². The first kappa shape index (κ1) is 15.9. The van der Waals surface area contributed by atoms with E-state index in [1.54, 1.807) is 7.11 Å². The number of hydrogen-bond donors (Lipinski definition) is 1. The van der Waals surface area contributed by atoms with Crippen LogP contribution < -0.4 is 5.73 Å². The molecule has 0 bridgehead atoms. The smallest absolute Gasteiger partial charge is 0.0589 e. The first-order valence-corrected chi connectivity index (χ1v) is 7.64. The van der Waals surface area contributed by atoms with Gasteiger partial charge in [-0.2, -0.15) is 0 Å². The molecule has 3 heteroatoms. The van der Waals surface area contributed by atoms with E-state index in [0.29, 0.717) is 18.1 Å². The van der Waals surface area contributed by atoms with E-state index in [9.17, 15) is 0 Å². The number of nitrogens with zero attached hydrogens (tertiary/aromatic N) is 1. The van der Waals surface area contributed by atoms with Gasteiger partial charge in [-0.1, -0.05) is 20.8 Å². The zero-order valence-corrected chi connectivity index (χ0v) is 12.7. The molecule has 0 amide bonds. The third-order valence-corrected chi connectivity index (χ3v) is 4.52. The average Bonchev–Trinajstić information content (AvgIpc) is 2.38. The molecule has 3 unspecified atom stereocenters. The second-order valence-electron chi connectivity index (χ2n) is 5.85. The summed E-state index contributed by atoms with van der Waals surface area (Å²) in [5.41, 5.74) is 6.38. The maximum atomic E-state index is 6.38. The highest BCUT2D eigenvalue weighted by Crippen LogP contribution is 2.29. The van der Waals surface area contributed by atoms with Crippen LogP contribution in [0.1, 0.15) is 52.9 Å². The Balaban J connectivity index is 2.72. The van der Waals surface area contributed by atoms with Crippen molar-refractivity contribution in [3.8, 4) is 0 Å². The van der Waals surface area contributed by atoms with Crippen molar-refractivity contribution in [2.24, 2.45) is 11.7 Å². The quantitative estimate of drug-likeness (QED) is 0.761. The van der Waals surface area contributed by atoms with Gasteiger partial charge < -0.3 is 10.5 Å². The van der Waals surface area contributed by atoms with Gasteiger partial charge in [0.2, 0.25) is 0 Å². The van der Waals surface area contributed by atoms with Gasteiger partial charge in [0.25, 0.3) is 0 Å². The van der Waals surface area contributed by atoms with E-state index in [0.717, 1.165) is 19.1 Å². The fourth-order valence-electron chi connectivity index (χ4n) is 3.33. The van der Waals surface area contributed by atoms with Crippen molar-refractivity contribution in [2.45, 2.75) is 71.0 Å². The lowest BCUT2D eigenvalue weighted by Crippen LogP contribution is -2.55. The van der Waals surface area contributed by atoms with Crippen molar-refractivity contribution >= 4 is 0 Å². The van der Waals surface area contributed by atoms with Crippen LogP contribution in [0.5, 0.6) is 0 Å². The summed E-state index contributed by atoms with van der Waals surface area (Å²) >= 11 is 0. The van der Waals surface area contributed by atoms with Gasteiger partial charge in [0.05, 0.1) is 6.61 Å². The molecule has 0 aromatic rings. The van der Waals surface area contributed by atoms with E-state index in [4.69, 9.17) is 10.5 Å². The average molecular weight is 256 g/mol. The van der Waals surface area contributed by atoms with Crippen LogP contribution in [0, 0.1) is 5.92 Å². The van der Waals surface area contributed by atoms with Gasteiger partial charge in [-0.05, 0) is 38.0 Å². The summed E-state index contributed by atoms with van der Waals surface area (Å²) in [5.74, 6) is 0.814. The topological polar surface area (TPSA) is 38.5 Å². The maximum Gasteiger partial charge on any atom is 0.0589 e. The standard InChI is InChI=1S/C15H32N2O/c1-5-13(6-2)17(9-10-18-4)15-11-12(3)7-8-14(15)16/h12-15H,5-11,16H2,1-4H3. The normalized spacial score (nSPS) is 29.2. The molecule has 3 atom stereocenters. The largest absolute Gasteiger partial charge is 0.383 e. The molecule has 0 aromatic carbocycles. The third kappa shape index (κ3) is 4.22. The second kappa shape index (κ2) is 8.13. The highest BCUT2D eigenvalue weighted by Gasteiger charge is 2.33. The number of methoxy groups -OCH3 is 1. The van der Waals surface area contributed by atoms with Crippen molar-refractivity contribution in [1.82, 2.24) is 4.90 Å². The van der Waals surface area contributed by atoms with Crippen LogP contribution in [0.3, 0.4) is 0 Å². The van der Waals surface area contributed by atoms with Crippen LogP contribution >= 0.6 is 0 Å². The van der Waals surface area contributed by atoms with Crippen LogP contribution in [0.2, 0.25) is 0 Å². The van der Waals surface area contributed by atoms with Crippen LogP contribution in [0.15, 0.2) is 0 Å². The first-order chi connectivity index (χ1) is 8.63. The van der Waals surface area contributed by atoms with Crippen molar-refractivity contribution in [2.75, 3.05) is 20.3 Å². The number of ether oxygens (including phenoxy) is 1. The summed E-state index contributed by atoms with van der Waals surface area (Å²) in [6.45, 7) is 8.76. The van der Waals surface area contributed by atoms with E-state index in [1.807, 2.05) is 0 Å². The Bertz CT molecular complexity index is 219. The third-order valence-electron chi connectivity index (χ3n) is 4.52. The number of rotatable bonds is 7. The van der Waals surface area contributed by atoms with Crippen molar-refractivity contribution in [3.05, 3.63) is 0 Å². The first-order valence-electron chi connectivity index (χ1n) is 7.64. The second-order valence-corrected chi connectivity index (χ2v) is 5.85. The molecule has 1 aliphatic carbocycles. The predicted octanol–water partition coefficient (Wildman–Crippen LogP) is 2.64. The lowest BCUT2D eigenvalue weighted by molar-refractivity contribution is 0.0437. The van der Waals surface area contributed by atoms with Gasteiger partial charge in [0.1, 0.15) is 0 Å². The van der Waals surface area contributed by atoms with Crippen molar-refractivity contribution in [1.29, 1.82) is 0 Å². The molecule has 3 nitrogen and oxygen atoms in total. The molecule has 0 aromatic heterocycles. The summed E-state index contributed by atoms with van der Waals surface area (Å²) < 4.78 is 5.28. The van der Waals surface area contributed by atoms with Crippen molar-refractivity contribution in [3.63, 3.8) is 0 Å². The molecule has 1 fully saturated rings. The highest BCUT2D eigenvalue weighted by atomic mass is 16.5. The molecular weight excluding hydrogens is 224 g/mol. The van der Waals surface area contributed by atoms with Crippen molar-refractivity contribution < 1.29 is 4.74 Å². The fourth-order valence-corrected chi connectivity index (χ4v) is 3.33. The lowest BCUT2D eigenvalue weighted by atomic mass is 9.82. The van der Waals surface area contributed by atoms with E-state index >= 15 is 0 Å². The molecule has 108 valence electrons. The summed E-state index contributed by atoms with van der Waals surface area (Å²) in [5, 5.41) is 0. The van der Waals surface area contributed by atoms with Crippen LogP contribution in [-0.4, -0.2) is 43.3 Å². The van der Waals surface area contributed by atoms with E-state index in [2.05, 4.69) is 25.7 Å². The summed E-state index contributed by atoms with van der Waals surface area (Å²) in [6, 6.07) is 1.55. The maximum absolute atomic E-state index is 6.38. The Morgan fingerprint density at radius 3 is 2.50 bits per heavy atom. The molecular formula is C15H32N2O. The van der Waals surface area contributed by atoms with Crippen LogP contribution in [0.4, 0.5) is 0 Å². The van der Waals surface area contributed by atoms with Gasteiger partial charge in [-0.15, -0.1) is 0 Å². The van der Waals surface area contributed by atoms with E-state index in [-0.39, 0.29) is 0 Å². The Kier molecular flexibility index (Phi) is 7.20. The molecule has 0 radical (unpaired) electrons. The molecule has 0 saturated heterocycles. The molecule has 2 N–H and O–H groups in total. The minimum absolute atomic E-state index is 0.346.